The molecule has 1 aliphatic heterocycles. The Balaban J connectivity index is 0.00000192. The molecular weight excluding hydrogens is 318 g/mol. The van der Waals surface area contributed by atoms with E-state index >= 15 is 0 Å². The maximum Gasteiger partial charge on any atom is 0.291 e. The van der Waals surface area contributed by atoms with Gasteiger partial charge in [0.1, 0.15) is 0 Å². The lowest BCUT2D eigenvalue weighted by Gasteiger charge is -2.27. The van der Waals surface area contributed by atoms with E-state index in [9.17, 15) is 9.59 Å². The van der Waals surface area contributed by atoms with Crippen molar-refractivity contribution in [2.45, 2.75) is 0 Å². The van der Waals surface area contributed by atoms with Crippen molar-refractivity contribution in [3.8, 4) is 0 Å². The highest BCUT2D eigenvalue weighted by Crippen LogP contribution is 2.13. The van der Waals surface area contributed by atoms with Gasteiger partial charge >= 0.3 is 0 Å². The van der Waals surface area contributed by atoms with Gasteiger partial charge in [-0.1, -0.05) is 6.07 Å². The molecule has 122 valence electrons. The van der Waals surface area contributed by atoms with Crippen LogP contribution in [0.5, 0.6) is 0 Å². The fraction of sp³-hybridized carbons (Fsp3) is 0.250. The predicted octanol–water partition coefficient (Wildman–Crippen LogP) is 1.90. The third-order valence-corrected chi connectivity index (χ3v) is 3.54. The van der Waals surface area contributed by atoms with Gasteiger partial charge in [0.25, 0.3) is 11.8 Å². The molecule has 2 heterocycles. The van der Waals surface area contributed by atoms with Crippen LogP contribution in [-0.2, 0) is 0 Å². The van der Waals surface area contributed by atoms with E-state index in [2.05, 4.69) is 16.0 Å². The summed E-state index contributed by atoms with van der Waals surface area (Å²) in [5.41, 5.74) is 1.07. The standard InChI is InChI=1S/C16H17N3O3.ClH/c20-15(18-10-11-8-17-9-11)12-3-1-4-13(7-12)19-16(21)14-5-2-6-22-14;/h1-7,11,17H,8-10H2,(H,18,20)(H,19,21);1H. The summed E-state index contributed by atoms with van der Waals surface area (Å²) in [5.74, 6) is 0.252. The molecule has 0 bridgehead atoms. The molecule has 0 saturated carbocycles. The number of hydrogen-bond acceptors (Lipinski definition) is 4. The number of benzene rings is 1. The molecule has 0 radical (unpaired) electrons. The first-order chi connectivity index (χ1) is 10.7. The number of anilines is 1. The topological polar surface area (TPSA) is 83.4 Å². The van der Waals surface area contributed by atoms with Crippen LogP contribution in [0.3, 0.4) is 0 Å². The predicted molar refractivity (Wildman–Crippen MR) is 89.0 cm³/mol. The zero-order chi connectivity index (χ0) is 15.4. The van der Waals surface area contributed by atoms with Crippen molar-refractivity contribution >= 4 is 29.9 Å². The first-order valence-corrected chi connectivity index (χ1v) is 7.16. The van der Waals surface area contributed by atoms with Gasteiger partial charge in [0.15, 0.2) is 5.76 Å². The molecule has 0 atom stereocenters. The molecule has 2 amide bonds. The van der Waals surface area contributed by atoms with Gasteiger partial charge in [0, 0.05) is 36.8 Å². The number of carbonyl (C=O) groups excluding carboxylic acids is 2. The van der Waals surface area contributed by atoms with E-state index in [-0.39, 0.29) is 30.0 Å². The molecule has 1 aromatic carbocycles. The number of carbonyl (C=O) groups is 2. The molecule has 3 N–H and O–H groups in total. The minimum Gasteiger partial charge on any atom is -0.459 e. The molecule has 7 heteroatoms. The summed E-state index contributed by atoms with van der Waals surface area (Å²) in [5, 5.41) is 8.76. The van der Waals surface area contributed by atoms with Gasteiger partial charge in [0.2, 0.25) is 0 Å². The Kier molecular flexibility index (Phi) is 5.78. The first kappa shape index (κ1) is 17.1. The fourth-order valence-corrected chi connectivity index (χ4v) is 2.17. The molecular formula is C16H18ClN3O3. The van der Waals surface area contributed by atoms with Gasteiger partial charge in [-0.2, -0.15) is 0 Å². The molecule has 0 unspecified atom stereocenters. The van der Waals surface area contributed by atoms with Crippen molar-refractivity contribution in [2.75, 3.05) is 25.0 Å². The highest BCUT2D eigenvalue weighted by molar-refractivity contribution is 6.03. The molecule has 1 fully saturated rings. The summed E-state index contributed by atoms with van der Waals surface area (Å²) in [6.45, 7) is 2.55. The summed E-state index contributed by atoms with van der Waals surface area (Å²) < 4.78 is 5.03. The molecule has 3 rings (SSSR count). The third-order valence-electron chi connectivity index (χ3n) is 3.54. The maximum atomic E-state index is 12.1. The number of halogens is 1. The second-order valence-electron chi connectivity index (χ2n) is 5.25. The van der Waals surface area contributed by atoms with Gasteiger partial charge < -0.3 is 20.4 Å². The number of amides is 2. The highest BCUT2D eigenvalue weighted by Gasteiger charge is 2.17. The lowest BCUT2D eigenvalue weighted by Crippen LogP contribution is -2.48. The average Bonchev–Trinajstić information content (AvgIpc) is 3.00. The summed E-state index contributed by atoms with van der Waals surface area (Å²) in [6.07, 6.45) is 1.44. The SMILES string of the molecule is Cl.O=C(NCC1CNC1)c1cccc(NC(=O)c2ccco2)c1. The van der Waals surface area contributed by atoms with Crippen LogP contribution in [0, 0.1) is 5.92 Å². The maximum absolute atomic E-state index is 12.1. The third kappa shape index (κ3) is 4.34. The van der Waals surface area contributed by atoms with Gasteiger partial charge in [-0.3, -0.25) is 9.59 Å². The van der Waals surface area contributed by atoms with Crippen molar-refractivity contribution in [1.82, 2.24) is 10.6 Å². The Hall–Kier alpha value is -2.31. The minimum absolute atomic E-state index is 0. The number of nitrogens with one attached hydrogen (secondary N) is 3. The van der Waals surface area contributed by atoms with Crippen molar-refractivity contribution in [3.63, 3.8) is 0 Å². The van der Waals surface area contributed by atoms with E-state index in [0.29, 0.717) is 23.7 Å². The van der Waals surface area contributed by atoms with Gasteiger partial charge in [-0.25, -0.2) is 0 Å². The van der Waals surface area contributed by atoms with Crippen LogP contribution in [-0.4, -0.2) is 31.4 Å². The van der Waals surface area contributed by atoms with Gasteiger partial charge in [-0.05, 0) is 30.3 Å². The van der Waals surface area contributed by atoms with Crippen molar-refractivity contribution in [2.24, 2.45) is 5.92 Å². The molecule has 0 spiro atoms. The van der Waals surface area contributed by atoms with Crippen LogP contribution in [0.2, 0.25) is 0 Å². The van der Waals surface area contributed by atoms with Crippen LogP contribution in [0.15, 0.2) is 47.1 Å². The molecule has 6 nitrogen and oxygen atoms in total. The largest absolute Gasteiger partial charge is 0.459 e. The highest BCUT2D eigenvalue weighted by atomic mass is 35.5. The van der Waals surface area contributed by atoms with E-state index in [1.165, 1.54) is 6.26 Å². The van der Waals surface area contributed by atoms with E-state index < -0.39 is 0 Å². The quantitative estimate of drug-likeness (QED) is 0.779. The van der Waals surface area contributed by atoms with E-state index in [1.807, 2.05) is 0 Å². The summed E-state index contributed by atoms with van der Waals surface area (Å²) >= 11 is 0. The van der Waals surface area contributed by atoms with E-state index in [1.54, 1.807) is 36.4 Å². The molecule has 2 aromatic rings. The lowest BCUT2D eigenvalue weighted by atomic mass is 10.0. The zero-order valence-corrected chi connectivity index (χ0v) is 13.2. The van der Waals surface area contributed by atoms with Crippen LogP contribution >= 0.6 is 12.4 Å². The first-order valence-electron chi connectivity index (χ1n) is 7.16. The second-order valence-corrected chi connectivity index (χ2v) is 5.25. The smallest absolute Gasteiger partial charge is 0.291 e. The van der Waals surface area contributed by atoms with Crippen molar-refractivity contribution in [1.29, 1.82) is 0 Å². The Morgan fingerprint density at radius 1 is 1.17 bits per heavy atom. The molecule has 1 saturated heterocycles. The van der Waals surface area contributed by atoms with Crippen LogP contribution < -0.4 is 16.0 Å². The van der Waals surface area contributed by atoms with Crippen LogP contribution in [0.25, 0.3) is 0 Å². The van der Waals surface area contributed by atoms with E-state index in [4.69, 9.17) is 4.42 Å². The van der Waals surface area contributed by atoms with Gasteiger partial charge in [0.05, 0.1) is 6.26 Å². The number of rotatable bonds is 5. The Labute approximate surface area is 140 Å². The summed E-state index contributed by atoms with van der Waals surface area (Å²) in [6, 6.07) is 10.1. The Bertz CT molecular complexity index is 669. The molecule has 1 aliphatic rings. The fourth-order valence-electron chi connectivity index (χ4n) is 2.17. The monoisotopic (exact) mass is 335 g/mol. The minimum atomic E-state index is -0.344. The number of hydrogen-bond donors (Lipinski definition) is 3. The van der Waals surface area contributed by atoms with Crippen molar-refractivity contribution < 1.29 is 14.0 Å². The Morgan fingerprint density at radius 3 is 2.65 bits per heavy atom. The van der Waals surface area contributed by atoms with Crippen LogP contribution in [0.1, 0.15) is 20.9 Å². The molecule has 0 aliphatic carbocycles. The second kappa shape index (κ2) is 7.80. The van der Waals surface area contributed by atoms with Crippen LogP contribution in [0.4, 0.5) is 5.69 Å². The average molecular weight is 336 g/mol. The van der Waals surface area contributed by atoms with Gasteiger partial charge in [-0.15, -0.1) is 12.4 Å². The normalized spacial score (nSPS) is 13.6. The van der Waals surface area contributed by atoms with E-state index in [0.717, 1.165) is 13.1 Å². The summed E-state index contributed by atoms with van der Waals surface area (Å²) in [4.78, 5) is 24.0. The molecule has 1 aromatic heterocycles. The zero-order valence-electron chi connectivity index (χ0n) is 12.4. The summed E-state index contributed by atoms with van der Waals surface area (Å²) in [7, 11) is 0. The lowest BCUT2D eigenvalue weighted by molar-refractivity contribution is 0.0940. The Morgan fingerprint density at radius 2 is 2.00 bits per heavy atom. The number of furan rings is 1. The molecule has 23 heavy (non-hydrogen) atoms. The van der Waals surface area contributed by atoms with Crippen molar-refractivity contribution in [3.05, 3.63) is 54.0 Å².